The molecule has 3 rings (SSSR count). The number of sulfonamides is 1. The Morgan fingerprint density at radius 2 is 1.85 bits per heavy atom. The molecule has 0 aliphatic carbocycles. The molecular formula is C17H19N5O9S3. The van der Waals surface area contributed by atoms with Gasteiger partial charge in [0.05, 0.1) is 17.7 Å². The molecule has 1 unspecified atom stereocenters. The molecule has 184 valence electrons. The number of nitrogen functional groups attached to an aromatic ring is 1. The van der Waals surface area contributed by atoms with E-state index < -0.39 is 56.2 Å². The first-order chi connectivity index (χ1) is 15.8. The van der Waals surface area contributed by atoms with Crippen LogP contribution in [0, 0.1) is 6.92 Å². The van der Waals surface area contributed by atoms with Crippen molar-refractivity contribution >= 4 is 54.6 Å². The van der Waals surface area contributed by atoms with Crippen molar-refractivity contribution in [2.24, 2.45) is 0 Å². The van der Waals surface area contributed by atoms with Gasteiger partial charge >= 0.3 is 16.3 Å². The maximum atomic E-state index is 13.0. The van der Waals surface area contributed by atoms with Crippen LogP contribution >= 0.6 is 11.3 Å². The zero-order valence-electron chi connectivity index (χ0n) is 17.5. The van der Waals surface area contributed by atoms with Crippen molar-refractivity contribution in [2.45, 2.75) is 29.9 Å². The summed E-state index contributed by atoms with van der Waals surface area (Å²) in [5.74, 6) is -3.70. The van der Waals surface area contributed by atoms with E-state index in [0.29, 0.717) is 0 Å². The first kappa shape index (κ1) is 25.5. The lowest BCUT2D eigenvalue weighted by Gasteiger charge is -2.42. The van der Waals surface area contributed by atoms with Gasteiger partial charge in [0, 0.05) is 5.38 Å². The molecule has 5 N–H and O–H groups in total. The second kappa shape index (κ2) is 9.26. The molecule has 1 saturated heterocycles. The molecule has 2 amide bonds. The van der Waals surface area contributed by atoms with Crippen LogP contribution in [0.1, 0.15) is 17.3 Å². The second-order valence-electron chi connectivity index (χ2n) is 7.04. The number of thiazole rings is 1. The van der Waals surface area contributed by atoms with Crippen LogP contribution < -0.4 is 15.8 Å². The average Bonchev–Trinajstić information content (AvgIpc) is 3.18. The quantitative estimate of drug-likeness (QED) is 0.178. The number of hydrogen-bond acceptors (Lipinski definition) is 11. The topological polar surface area (TPSA) is 215 Å². The molecule has 1 aromatic heterocycles. The smallest absolute Gasteiger partial charge is 0.363 e. The summed E-state index contributed by atoms with van der Waals surface area (Å²) in [6.07, 6.45) is 0. The van der Waals surface area contributed by atoms with E-state index in [-0.39, 0.29) is 20.0 Å². The fourth-order valence-electron chi connectivity index (χ4n) is 3.07. The molecular weight excluding hydrogens is 514 g/mol. The van der Waals surface area contributed by atoms with Gasteiger partial charge in [0.2, 0.25) is 15.9 Å². The van der Waals surface area contributed by atoms with Crippen LogP contribution in [0.5, 0.6) is 0 Å². The highest BCUT2D eigenvalue weighted by Crippen LogP contribution is 2.27. The number of aromatic nitrogens is 1. The van der Waals surface area contributed by atoms with Crippen molar-refractivity contribution in [1.82, 2.24) is 19.3 Å². The Kier molecular flexibility index (Phi) is 6.94. The molecule has 1 fully saturated rings. The number of hydrogen-bond donors (Lipinski definition) is 4. The Labute approximate surface area is 198 Å². The molecule has 0 saturated carbocycles. The highest BCUT2D eigenvalue weighted by atomic mass is 32.2. The molecule has 1 aliphatic heterocycles. The summed E-state index contributed by atoms with van der Waals surface area (Å²) < 4.78 is 64.3. The molecule has 0 spiro atoms. The number of carbonyl (C=O) groups is 3. The first-order valence-electron chi connectivity index (χ1n) is 9.25. The second-order valence-corrected chi connectivity index (χ2v) is 10.9. The Hall–Kier alpha value is -3.12. The van der Waals surface area contributed by atoms with Crippen molar-refractivity contribution in [3.05, 3.63) is 40.9 Å². The number of aryl methyl sites for hydroxylation is 1. The van der Waals surface area contributed by atoms with E-state index in [1.54, 1.807) is 19.1 Å². The summed E-state index contributed by atoms with van der Waals surface area (Å²) in [5.41, 5.74) is 6.28. The van der Waals surface area contributed by atoms with E-state index in [9.17, 15) is 35.8 Å². The number of methoxy groups -OCH3 is 1. The van der Waals surface area contributed by atoms with Crippen LogP contribution in [0.15, 0.2) is 34.5 Å². The monoisotopic (exact) mass is 533 g/mol. The number of rotatable bonds is 8. The number of ether oxygens (including phenoxy) is 1. The molecule has 0 bridgehead atoms. The van der Waals surface area contributed by atoms with E-state index in [2.05, 4.69) is 19.8 Å². The first-order valence-corrected chi connectivity index (χ1v) is 13.0. The van der Waals surface area contributed by atoms with Gasteiger partial charge in [-0.1, -0.05) is 17.7 Å². The predicted molar refractivity (Wildman–Crippen MR) is 117 cm³/mol. The van der Waals surface area contributed by atoms with E-state index in [1.165, 1.54) is 17.5 Å². The predicted octanol–water partition coefficient (Wildman–Crippen LogP) is -1.28. The maximum Gasteiger partial charge on any atom is 0.363 e. The van der Waals surface area contributed by atoms with Crippen LogP contribution in [0.3, 0.4) is 0 Å². The third kappa shape index (κ3) is 5.02. The minimum Gasteiger partial charge on any atom is -0.467 e. The molecule has 2 heterocycles. The molecule has 17 heteroatoms. The number of benzene rings is 1. The van der Waals surface area contributed by atoms with Crippen molar-refractivity contribution in [3.8, 4) is 0 Å². The lowest BCUT2D eigenvalue weighted by atomic mass is 9.98. The van der Waals surface area contributed by atoms with Gasteiger partial charge in [0.15, 0.2) is 11.2 Å². The van der Waals surface area contributed by atoms with Crippen LogP contribution in [-0.2, 0) is 39.4 Å². The summed E-state index contributed by atoms with van der Waals surface area (Å²) in [5, 5.41) is 3.44. The number of anilines is 1. The van der Waals surface area contributed by atoms with E-state index in [1.807, 2.05) is 0 Å². The third-order valence-electron chi connectivity index (χ3n) is 4.74. The Bertz CT molecular complexity index is 1340. The lowest BCUT2D eigenvalue weighted by molar-refractivity contribution is -0.162. The number of esters is 1. The molecule has 1 aromatic carbocycles. The Morgan fingerprint density at radius 3 is 2.35 bits per heavy atom. The van der Waals surface area contributed by atoms with E-state index in [0.717, 1.165) is 24.0 Å². The van der Waals surface area contributed by atoms with E-state index >= 15 is 0 Å². The van der Waals surface area contributed by atoms with Gasteiger partial charge in [-0.15, -0.1) is 11.3 Å². The molecule has 3 atom stereocenters. The van der Waals surface area contributed by atoms with Crippen molar-refractivity contribution in [2.75, 3.05) is 12.8 Å². The molecule has 0 radical (unpaired) electrons. The summed E-state index contributed by atoms with van der Waals surface area (Å²) >= 11 is 0.916. The number of nitrogens with zero attached hydrogens (tertiary/aromatic N) is 2. The van der Waals surface area contributed by atoms with Gasteiger partial charge in [-0.05, 0) is 19.1 Å². The summed E-state index contributed by atoms with van der Waals surface area (Å²) in [6, 6.07) is 0.357. The van der Waals surface area contributed by atoms with Crippen LogP contribution in [0.25, 0.3) is 0 Å². The van der Waals surface area contributed by atoms with Crippen molar-refractivity contribution < 1.29 is 40.5 Å². The number of β-lactam (4-membered cyclic amide) rings is 1. The summed E-state index contributed by atoms with van der Waals surface area (Å²) in [4.78, 5) is 41.0. The fourth-order valence-corrected chi connectivity index (χ4v) is 5.66. The van der Waals surface area contributed by atoms with Gasteiger partial charge in [-0.3, -0.25) is 14.1 Å². The van der Waals surface area contributed by atoms with Gasteiger partial charge in [-0.25, -0.2) is 18.2 Å². The van der Waals surface area contributed by atoms with Gasteiger partial charge < -0.3 is 15.8 Å². The SMILES string of the molecule is COC(=O)[C@H]1[C@@H](NC(=O)C(NS(=O)(=O)c2ccc(C)cc2)c2csc(N)n2)C(=O)N1S(=O)(=O)O. The minimum atomic E-state index is -5.13. The van der Waals surface area contributed by atoms with Crippen LogP contribution in [0.4, 0.5) is 5.13 Å². The highest BCUT2D eigenvalue weighted by Gasteiger charge is 2.58. The van der Waals surface area contributed by atoms with Gasteiger partial charge in [-0.2, -0.15) is 17.4 Å². The lowest BCUT2D eigenvalue weighted by Crippen LogP contribution is -2.75. The van der Waals surface area contributed by atoms with Crippen molar-refractivity contribution in [3.63, 3.8) is 0 Å². The van der Waals surface area contributed by atoms with Crippen LogP contribution in [0.2, 0.25) is 0 Å². The number of amides is 2. The van der Waals surface area contributed by atoms with Gasteiger partial charge in [0.1, 0.15) is 12.1 Å². The molecule has 14 nitrogen and oxygen atoms in total. The van der Waals surface area contributed by atoms with Crippen LogP contribution in [-0.4, -0.2) is 67.7 Å². The zero-order chi connectivity index (χ0) is 25.4. The Balaban J connectivity index is 1.91. The largest absolute Gasteiger partial charge is 0.467 e. The fraction of sp³-hybridized carbons (Fsp3) is 0.294. The third-order valence-corrected chi connectivity index (χ3v) is 7.78. The van der Waals surface area contributed by atoms with Gasteiger partial charge in [0.25, 0.3) is 5.91 Å². The molecule has 34 heavy (non-hydrogen) atoms. The number of carbonyl (C=O) groups excluding carboxylic acids is 3. The minimum absolute atomic E-state index is 0.0204. The zero-order valence-corrected chi connectivity index (χ0v) is 20.0. The maximum absolute atomic E-state index is 13.0. The number of nitrogens with one attached hydrogen (secondary N) is 2. The molecule has 1 aliphatic rings. The highest BCUT2D eigenvalue weighted by molar-refractivity contribution is 7.89. The number of nitrogens with two attached hydrogens (primary N) is 1. The standard InChI is InChI=1S/C17H19N5O9S3/c1-8-3-5-9(6-4-8)33(26,27)21-11(10-7-32-17(18)19-10)14(23)20-12-13(16(25)31-2)22(15(12)24)34(28,29)30/h3-7,11-13,21H,1-2H3,(H2,18,19)(H,20,23)(H,28,29,30)/t11?,12-,13-/m1/s1. The van der Waals surface area contributed by atoms with Crippen molar-refractivity contribution in [1.29, 1.82) is 0 Å². The van der Waals surface area contributed by atoms with E-state index in [4.69, 9.17) is 5.73 Å². The summed E-state index contributed by atoms with van der Waals surface area (Å²) in [7, 11) is -8.50. The average molecular weight is 534 g/mol. The normalized spacial score (nSPS) is 19.3. The molecule has 2 aromatic rings. The Morgan fingerprint density at radius 1 is 1.24 bits per heavy atom. The summed E-state index contributed by atoms with van der Waals surface area (Å²) in [6.45, 7) is 1.75.